The Bertz CT molecular complexity index is 3920. The molecular formula is C70H50N4Si2. The predicted octanol–water partition coefficient (Wildman–Crippen LogP) is 11.1. The molecule has 3 aromatic heterocycles. The summed E-state index contributed by atoms with van der Waals surface area (Å²) in [4.78, 5) is 11.1. The van der Waals surface area contributed by atoms with Gasteiger partial charge >= 0.3 is 0 Å². The molecular weight excluding hydrogens is 953 g/mol. The fraction of sp³-hybridized carbons (Fsp3) is 0. The first-order valence-corrected chi connectivity index (χ1v) is 30.1. The van der Waals surface area contributed by atoms with Crippen molar-refractivity contribution >= 4 is 101 Å². The number of aromatic nitrogens is 4. The molecule has 0 fully saturated rings. The van der Waals surface area contributed by atoms with Crippen LogP contribution in [0.3, 0.4) is 0 Å². The van der Waals surface area contributed by atoms with E-state index in [0.29, 0.717) is 5.82 Å². The first-order chi connectivity index (χ1) is 37.7. The van der Waals surface area contributed by atoms with Crippen LogP contribution in [0.5, 0.6) is 0 Å². The smallest absolute Gasteiger partial charge is 0.179 e. The summed E-state index contributed by atoms with van der Waals surface area (Å²) in [6, 6.07) is 112. The van der Waals surface area contributed by atoms with Crippen LogP contribution in [0.25, 0.3) is 66.6 Å². The summed E-state index contributed by atoms with van der Waals surface area (Å²) in [5, 5.41) is 15.4. The van der Waals surface area contributed by atoms with Crippen LogP contribution in [0.15, 0.2) is 303 Å². The zero-order valence-corrected chi connectivity index (χ0v) is 43.7. The van der Waals surface area contributed by atoms with Gasteiger partial charge in [0.15, 0.2) is 22.0 Å². The molecule has 0 amide bonds. The van der Waals surface area contributed by atoms with E-state index < -0.39 is 16.1 Å². The maximum Gasteiger partial charge on any atom is 0.179 e. The van der Waals surface area contributed by atoms with Crippen LogP contribution in [0.4, 0.5) is 0 Å². The Morgan fingerprint density at radius 2 is 0.500 bits per heavy atom. The molecule has 14 rings (SSSR count). The zero-order chi connectivity index (χ0) is 50.5. The molecule has 358 valence electrons. The molecule has 0 aliphatic heterocycles. The normalized spacial score (nSPS) is 11.9. The van der Waals surface area contributed by atoms with E-state index in [1.165, 1.54) is 63.0 Å². The van der Waals surface area contributed by atoms with Crippen LogP contribution in [0, 0.1) is 0 Å². The summed E-state index contributed by atoms with van der Waals surface area (Å²) in [6.45, 7) is 0. The van der Waals surface area contributed by atoms with E-state index in [-0.39, 0.29) is 0 Å². The van der Waals surface area contributed by atoms with Crippen molar-refractivity contribution in [2.24, 2.45) is 0 Å². The number of hydrogen-bond donors (Lipinski definition) is 0. The third kappa shape index (κ3) is 7.18. The standard InChI is InChI=1S/C70H50N4Si2/c1-8-26-51(27-9-1)70-71-68(73-64-42-24-22-40-60(64)62-48-58(44-46-66(62)73)75(52-28-10-2-11-29-52,53-30-12-3-13-31-53)54-32-14-4-15-33-54)50-69(72-70)74-65-43-25-23-41-61(65)63-49-59(45-47-67(63)74)76(55-34-16-5-17-35-55,56-36-18-6-19-37-56)57-38-20-7-21-39-57/h1-50H. The molecule has 3 heterocycles. The van der Waals surface area contributed by atoms with Gasteiger partial charge in [-0.25, -0.2) is 9.97 Å². The Balaban J connectivity index is 1.02. The molecule has 0 N–H and O–H groups in total. The topological polar surface area (TPSA) is 35.6 Å². The fourth-order valence-electron chi connectivity index (χ4n) is 12.4. The highest BCUT2D eigenvalue weighted by Gasteiger charge is 2.43. The van der Waals surface area contributed by atoms with Gasteiger partial charge in [0.05, 0.1) is 22.1 Å². The largest absolute Gasteiger partial charge is 0.294 e. The second-order valence-corrected chi connectivity index (χ2v) is 27.3. The van der Waals surface area contributed by atoms with Gasteiger partial charge in [0, 0.05) is 33.2 Å². The molecule has 4 nitrogen and oxygen atoms in total. The lowest BCUT2D eigenvalue weighted by Crippen LogP contribution is -2.74. The molecule has 0 atom stereocenters. The van der Waals surface area contributed by atoms with E-state index in [9.17, 15) is 0 Å². The summed E-state index contributed by atoms with van der Waals surface area (Å²) in [5.41, 5.74) is 5.29. The fourth-order valence-corrected chi connectivity index (χ4v) is 21.9. The highest BCUT2D eigenvalue weighted by Crippen LogP contribution is 2.36. The summed E-state index contributed by atoms with van der Waals surface area (Å²) in [7, 11) is -5.67. The Morgan fingerprint density at radius 3 is 0.829 bits per heavy atom. The summed E-state index contributed by atoms with van der Waals surface area (Å²) < 4.78 is 4.71. The second kappa shape index (κ2) is 18.8. The van der Waals surface area contributed by atoms with E-state index in [1.807, 2.05) is 0 Å². The number of rotatable bonds is 11. The van der Waals surface area contributed by atoms with Crippen molar-refractivity contribution in [2.75, 3.05) is 0 Å². The highest BCUT2D eigenvalue weighted by molar-refractivity contribution is 7.20. The number of hydrogen-bond acceptors (Lipinski definition) is 2. The minimum absolute atomic E-state index is 0.658. The molecule has 0 radical (unpaired) electrons. The quantitative estimate of drug-likeness (QED) is 0.0956. The minimum Gasteiger partial charge on any atom is -0.294 e. The molecule has 0 unspecified atom stereocenters. The molecule has 76 heavy (non-hydrogen) atoms. The lowest BCUT2D eigenvalue weighted by molar-refractivity contribution is 0.994. The van der Waals surface area contributed by atoms with Gasteiger partial charge in [-0.3, -0.25) is 9.13 Å². The van der Waals surface area contributed by atoms with Crippen molar-refractivity contribution in [1.29, 1.82) is 0 Å². The average Bonchev–Trinajstić information content (AvgIpc) is 4.15. The zero-order valence-electron chi connectivity index (χ0n) is 41.7. The van der Waals surface area contributed by atoms with Crippen molar-refractivity contribution in [3.8, 4) is 23.0 Å². The predicted molar refractivity (Wildman–Crippen MR) is 323 cm³/mol. The van der Waals surface area contributed by atoms with Crippen LogP contribution in [-0.4, -0.2) is 35.2 Å². The van der Waals surface area contributed by atoms with E-state index >= 15 is 0 Å². The van der Waals surface area contributed by atoms with Crippen molar-refractivity contribution in [1.82, 2.24) is 19.1 Å². The average molecular weight is 1000 g/mol. The summed E-state index contributed by atoms with van der Waals surface area (Å²) >= 11 is 0. The Labute approximate surface area is 444 Å². The van der Waals surface area contributed by atoms with Crippen molar-refractivity contribution in [2.45, 2.75) is 0 Å². The van der Waals surface area contributed by atoms with Crippen LogP contribution in [-0.2, 0) is 0 Å². The number of para-hydroxylation sites is 2. The van der Waals surface area contributed by atoms with Crippen molar-refractivity contribution < 1.29 is 0 Å². The molecule has 0 aliphatic rings. The molecule has 0 saturated carbocycles. The number of fused-ring (bicyclic) bond motifs is 6. The Morgan fingerprint density at radius 1 is 0.224 bits per heavy atom. The third-order valence-corrected chi connectivity index (χ3v) is 25.2. The number of benzene rings is 11. The molecule has 11 aromatic carbocycles. The first kappa shape index (κ1) is 45.2. The van der Waals surface area contributed by atoms with Crippen molar-refractivity contribution in [3.63, 3.8) is 0 Å². The molecule has 0 bridgehead atoms. The van der Waals surface area contributed by atoms with E-state index in [1.54, 1.807) is 0 Å². The van der Waals surface area contributed by atoms with Gasteiger partial charge in [-0.15, -0.1) is 0 Å². The summed E-state index contributed by atoms with van der Waals surface area (Å²) in [6.07, 6.45) is 0. The Kier molecular flexibility index (Phi) is 11.2. The highest BCUT2D eigenvalue weighted by atomic mass is 28.3. The van der Waals surface area contributed by atoms with Crippen LogP contribution < -0.4 is 41.5 Å². The van der Waals surface area contributed by atoms with E-state index in [2.05, 4.69) is 312 Å². The maximum absolute atomic E-state index is 5.53. The van der Waals surface area contributed by atoms with Gasteiger partial charge in [0.1, 0.15) is 11.6 Å². The van der Waals surface area contributed by atoms with E-state index in [0.717, 1.165) is 39.3 Å². The van der Waals surface area contributed by atoms with Gasteiger partial charge in [0.25, 0.3) is 0 Å². The van der Waals surface area contributed by atoms with Gasteiger partial charge in [-0.05, 0) is 65.8 Å². The van der Waals surface area contributed by atoms with Gasteiger partial charge in [0.2, 0.25) is 0 Å². The SMILES string of the molecule is c1ccc(-c2nc(-n3c4ccccc4c4cc([Si](c5ccccc5)(c5ccccc5)c5ccccc5)ccc43)cc(-n3c4ccccc4c4cc([Si](c5ccccc5)(c5ccccc5)c5ccccc5)ccc43)n2)cc1. The van der Waals surface area contributed by atoms with Gasteiger partial charge < -0.3 is 0 Å². The minimum atomic E-state index is -2.84. The van der Waals surface area contributed by atoms with Gasteiger partial charge in [-0.1, -0.05) is 273 Å². The van der Waals surface area contributed by atoms with Crippen LogP contribution in [0.2, 0.25) is 0 Å². The maximum atomic E-state index is 5.53. The van der Waals surface area contributed by atoms with Crippen molar-refractivity contribution in [3.05, 3.63) is 303 Å². The lowest BCUT2D eigenvalue weighted by Gasteiger charge is -2.34. The number of nitrogens with zero attached hydrogens (tertiary/aromatic N) is 4. The second-order valence-electron chi connectivity index (χ2n) is 19.6. The molecule has 14 aromatic rings. The van der Waals surface area contributed by atoms with E-state index in [4.69, 9.17) is 9.97 Å². The van der Waals surface area contributed by atoms with Crippen LogP contribution in [0.1, 0.15) is 0 Å². The lowest BCUT2D eigenvalue weighted by atomic mass is 10.1. The van der Waals surface area contributed by atoms with Crippen LogP contribution >= 0.6 is 0 Å². The first-order valence-electron chi connectivity index (χ1n) is 26.1. The van der Waals surface area contributed by atoms with Gasteiger partial charge in [-0.2, -0.15) is 0 Å². The monoisotopic (exact) mass is 1000 g/mol. The molecule has 0 spiro atoms. The Hall–Kier alpha value is -9.47. The molecule has 0 aliphatic carbocycles. The third-order valence-electron chi connectivity index (χ3n) is 15.6. The summed E-state index contributed by atoms with van der Waals surface area (Å²) in [5.74, 6) is 2.25. The molecule has 0 saturated heterocycles. The molecule has 6 heteroatoms.